The summed E-state index contributed by atoms with van der Waals surface area (Å²) in [6.45, 7) is 7.87. The van der Waals surface area contributed by atoms with E-state index in [4.69, 9.17) is 17.0 Å². The minimum absolute atomic E-state index is 0.0411. The van der Waals surface area contributed by atoms with Gasteiger partial charge in [-0.3, -0.25) is 4.98 Å². The third-order valence-electron chi connectivity index (χ3n) is 5.65. The van der Waals surface area contributed by atoms with Crippen molar-refractivity contribution in [3.8, 4) is 0 Å². The predicted octanol–water partition coefficient (Wildman–Crippen LogP) is 3.07. The zero-order valence-corrected chi connectivity index (χ0v) is 19.0. The number of aryl methyl sites for hydroxylation is 1. The molecule has 2 atom stereocenters. The van der Waals surface area contributed by atoms with Crippen molar-refractivity contribution in [2.75, 3.05) is 40.9 Å². The van der Waals surface area contributed by atoms with E-state index in [2.05, 4.69) is 64.7 Å². The van der Waals surface area contributed by atoms with Crippen molar-refractivity contribution in [3.05, 3.63) is 53.1 Å². The van der Waals surface area contributed by atoms with Crippen molar-refractivity contribution in [2.24, 2.45) is 0 Å². The number of nitrogens with one attached hydrogen (secondary N) is 1. The van der Waals surface area contributed by atoms with E-state index in [0.29, 0.717) is 6.61 Å². The number of methoxy groups -OCH3 is 1. The molecule has 3 rings (SSSR count). The fourth-order valence-electron chi connectivity index (χ4n) is 4.20. The molecule has 2 unspecified atom stereocenters. The van der Waals surface area contributed by atoms with Crippen LogP contribution in [-0.4, -0.2) is 65.4 Å². The average Bonchev–Trinajstić information content (AvgIpc) is 3.16. The summed E-state index contributed by atoms with van der Waals surface area (Å²) in [6.07, 6.45) is 2.91. The van der Waals surface area contributed by atoms with Crippen molar-refractivity contribution in [3.63, 3.8) is 0 Å². The van der Waals surface area contributed by atoms with Crippen LogP contribution in [0, 0.1) is 13.8 Å². The SMILES string of the molecule is COCCn1c(C)cc(C2C(c3ccccn3)NC(=S)N2CCCN(C)C)c1C. The lowest BCUT2D eigenvalue weighted by atomic mass is 9.96. The molecule has 1 saturated heterocycles. The molecule has 0 radical (unpaired) electrons. The van der Waals surface area contributed by atoms with E-state index in [1.807, 2.05) is 18.3 Å². The number of pyridine rings is 1. The fourth-order valence-corrected chi connectivity index (χ4v) is 4.53. The van der Waals surface area contributed by atoms with Crippen LogP contribution in [0.2, 0.25) is 0 Å². The van der Waals surface area contributed by atoms with Crippen molar-refractivity contribution in [2.45, 2.75) is 38.9 Å². The highest BCUT2D eigenvalue weighted by atomic mass is 32.1. The second kappa shape index (κ2) is 9.69. The highest BCUT2D eigenvalue weighted by molar-refractivity contribution is 7.80. The van der Waals surface area contributed by atoms with Gasteiger partial charge in [-0.25, -0.2) is 0 Å². The molecule has 2 aromatic rings. The van der Waals surface area contributed by atoms with Gasteiger partial charge in [0.1, 0.15) is 0 Å². The van der Waals surface area contributed by atoms with E-state index in [-0.39, 0.29) is 12.1 Å². The number of aromatic nitrogens is 2. The van der Waals surface area contributed by atoms with Gasteiger partial charge in [-0.2, -0.15) is 0 Å². The van der Waals surface area contributed by atoms with Crippen LogP contribution in [-0.2, 0) is 11.3 Å². The van der Waals surface area contributed by atoms with Crippen molar-refractivity contribution in [1.29, 1.82) is 0 Å². The summed E-state index contributed by atoms with van der Waals surface area (Å²) in [5.74, 6) is 0. The number of rotatable bonds is 9. The third-order valence-corrected chi connectivity index (χ3v) is 6.00. The molecule has 1 aliphatic heterocycles. The van der Waals surface area contributed by atoms with Gasteiger partial charge in [-0.05, 0) is 76.9 Å². The maximum Gasteiger partial charge on any atom is 0.170 e. The van der Waals surface area contributed by atoms with Gasteiger partial charge in [0.05, 0.1) is 24.4 Å². The molecule has 0 spiro atoms. The van der Waals surface area contributed by atoms with Gasteiger partial charge < -0.3 is 24.4 Å². The van der Waals surface area contributed by atoms with Gasteiger partial charge in [0.2, 0.25) is 0 Å². The molecule has 1 fully saturated rings. The van der Waals surface area contributed by atoms with Gasteiger partial charge in [0.15, 0.2) is 5.11 Å². The Morgan fingerprint density at radius 3 is 2.69 bits per heavy atom. The van der Waals surface area contributed by atoms with Crippen LogP contribution >= 0.6 is 12.2 Å². The molecule has 1 N–H and O–H groups in total. The van der Waals surface area contributed by atoms with Crippen molar-refractivity contribution >= 4 is 17.3 Å². The molecule has 6 nitrogen and oxygen atoms in total. The van der Waals surface area contributed by atoms with Crippen molar-refractivity contribution in [1.82, 2.24) is 24.7 Å². The van der Waals surface area contributed by atoms with Crippen LogP contribution in [0.25, 0.3) is 0 Å². The minimum Gasteiger partial charge on any atom is -0.383 e. The van der Waals surface area contributed by atoms with E-state index in [0.717, 1.165) is 36.9 Å². The lowest BCUT2D eigenvalue weighted by molar-refractivity contribution is 0.186. The van der Waals surface area contributed by atoms with Gasteiger partial charge in [0.25, 0.3) is 0 Å². The lowest BCUT2D eigenvalue weighted by Gasteiger charge is -2.28. The largest absolute Gasteiger partial charge is 0.383 e. The second-order valence-corrected chi connectivity index (χ2v) is 8.33. The topological polar surface area (TPSA) is 45.6 Å². The fraction of sp³-hybridized carbons (Fsp3) is 0.545. The quantitative estimate of drug-likeness (QED) is 0.635. The second-order valence-electron chi connectivity index (χ2n) is 7.95. The zero-order valence-electron chi connectivity index (χ0n) is 18.2. The number of nitrogens with zero attached hydrogens (tertiary/aromatic N) is 4. The summed E-state index contributed by atoms with van der Waals surface area (Å²) in [6, 6.07) is 8.56. The lowest BCUT2D eigenvalue weighted by Crippen LogP contribution is -2.32. The van der Waals surface area contributed by atoms with Gasteiger partial charge in [-0.1, -0.05) is 6.07 Å². The maximum absolute atomic E-state index is 5.77. The first-order chi connectivity index (χ1) is 13.9. The van der Waals surface area contributed by atoms with E-state index in [1.165, 1.54) is 17.0 Å². The molecule has 29 heavy (non-hydrogen) atoms. The molecule has 158 valence electrons. The van der Waals surface area contributed by atoms with Crippen molar-refractivity contribution < 1.29 is 4.74 Å². The highest BCUT2D eigenvalue weighted by Gasteiger charge is 2.40. The number of hydrogen-bond donors (Lipinski definition) is 1. The molecule has 7 heteroatoms. The minimum atomic E-state index is 0.0411. The van der Waals surface area contributed by atoms with Crippen LogP contribution in [0.3, 0.4) is 0 Å². The molecule has 3 heterocycles. The Balaban J connectivity index is 1.97. The standard InChI is InChI=1S/C22H33N5OS/c1-16-15-18(17(2)26(16)13-14-28-5)21-20(19-9-6-7-10-23-19)24-22(29)27(21)12-8-11-25(3)4/h6-7,9-10,15,20-21H,8,11-14H2,1-5H3,(H,24,29). The Kier molecular flexibility index (Phi) is 7.27. The average molecular weight is 416 g/mol. The molecule has 0 amide bonds. The molecular weight excluding hydrogens is 382 g/mol. The van der Waals surface area contributed by atoms with Crippen LogP contribution in [0.4, 0.5) is 0 Å². The van der Waals surface area contributed by atoms with E-state index in [1.54, 1.807) is 7.11 Å². The first-order valence-corrected chi connectivity index (χ1v) is 10.6. The highest BCUT2D eigenvalue weighted by Crippen LogP contribution is 2.40. The molecule has 0 bridgehead atoms. The number of thiocarbonyl (C=S) groups is 1. The van der Waals surface area contributed by atoms with E-state index in [9.17, 15) is 0 Å². The Labute approximate surface area is 179 Å². The maximum atomic E-state index is 5.77. The van der Waals surface area contributed by atoms with Gasteiger partial charge >= 0.3 is 0 Å². The summed E-state index contributed by atoms with van der Waals surface area (Å²) >= 11 is 5.77. The number of ether oxygens (including phenoxy) is 1. The van der Waals surface area contributed by atoms with Gasteiger partial charge in [-0.15, -0.1) is 0 Å². The Morgan fingerprint density at radius 1 is 1.24 bits per heavy atom. The Hall–Kier alpha value is -1.96. The predicted molar refractivity (Wildman–Crippen MR) is 121 cm³/mol. The molecular formula is C22H33N5OS. The monoisotopic (exact) mass is 415 g/mol. The Bertz CT molecular complexity index is 820. The van der Waals surface area contributed by atoms with Gasteiger partial charge in [0, 0.05) is 37.8 Å². The van der Waals surface area contributed by atoms with E-state index < -0.39 is 0 Å². The molecule has 0 aromatic carbocycles. The number of hydrogen-bond acceptors (Lipinski definition) is 4. The normalized spacial score (nSPS) is 19.2. The smallest absolute Gasteiger partial charge is 0.170 e. The molecule has 0 saturated carbocycles. The molecule has 1 aliphatic rings. The van der Waals surface area contributed by atoms with Crippen LogP contribution in [0.1, 0.15) is 41.1 Å². The first kappa shape index (κ1) is 21.7. The summed E-state index contributed by atoms with van der Waals surface area (Å²) in [5, 5.41) is 4.36. The summed E-state index contributed by atoms with van der Waals surface area (Å²) in [7, 11) is 5.97. The van der Waals surface area contributed by atoms with Crippen LogP contribution in [0.15, 0.2) is 30.5 Å². The first-order valence-electron chi connectivity index (χ1n) is 10.2. The third kappa shape index (κ3) is 4.79. The summed E-state index contributed by atoms with van der Waals surface area (Å²) in [5.41, 5.74) is 4.86. The molecule has 2 aromatic heterocycles. The summed E-state index contributed by atoms with van der Waals surface area (Å²) < 4.78 is 7.66. The summed E-state index contributed by atoms with van der Waals surface area (Å²) in [4.78, 5) is 9.20. The Morgan fingerprint density at radius 2 is 2.03 bits per heavy atom. The zero-order chi connectivity index (χ0) is 21.0. The van der Waals surface area contributed by atoms with Crippen LogP contribution < -0.4 is 5.32 Å². The van der Waals surface area contributed by atoms with Crippen LogP contribution in [0.5, 0.6) is 0 Å². The molecule has 0 aliphatic carbocycles. The van der Waals surface area contributed by atoms with E-state index >= 15 is 0 Å².